The molecule has 27 heavy (non-hydrogen) atoms. The van der Waals surface area contributed by atoms with Gasteiger partial charge in [-0.15, -0.1) is 0 Å². The fraction of sp³-hybridized carbons (Fsp3) is 0.200. The third-order valence-corrected chi connectivity index (χ3v) is 5.49. The van der Waals surface area contributed by atoms with Gasteiger partial charge in [0.25, 0.3) is 10.0 Å². The number of amides is 1. The second-order valence-electron chi connectivity index (χ2n) is 6.48. The average Bonchev–Trinajstić information content (AvgIpc) is 3.03. The molecule has 0 unspecified atom stereocenters. The Bertz CT molecular complexity index is 1050. The third kappa shape index (κ3) is 3.93. The Hall–Kier alpha value is -2.93. The zero-order valence-electron chi connectivity index (χ0n) is 15.3. The quantitative estimate of drug-likeness (QED) is 0.723. The van der Waals surface area contributed by atoms with E-state index >= 15 is 0 Å². The number of benzene rings is 2. The lowest BCUT2D eigenvalue weighted by atomic mass is 10.00. The fourth-order valence-corrected chi connectivity index (χ4v) is 3.73. The zero-order valence-corrected chi connectivity index (χ0v) is 16.1. The number of nitrogens with zero attached hydrogens (tertiary/aromatic N) is 1. The van der Waals surface area contributed by atoms with Gasteiger partial charge in [0.2, 0.25) is 5.91 Å². The first-order valence-electron chi connectivity index (χ1n) is 8.48. The molecule has 3 aromatic rings. The van der Waals surface area contributed by atoms with Crippen LogP contribution in [0.2, 0.25) is 0 Å². The first kappa shape index (κ1) is 18.8. The van der Waals surface area contributed by atoms with Crippen LogP contribution >= 0.6 is 0 Å². The van der Waals surface area contributed by atoms with Gasteiger partial charge in [-0.1, -0.05) is 61.5 Å². The van der Waals surface area contributed by atoms with Crippen LogP contribution < -0.4 is 4.72 Å². The van der Waals surface area contributed by atoms with Crippen LogP contribution in [0.25, 0.3) is 22.4 Å². The van der Waals surface area contributed by atoms with Gasteiger partial charge in [0, 0.05) is 11.5 Å². The molecule has 0 radical (unpaired) electrons. The molecule has 3 rings (SSSR count). The smallest absolute Gasteiger partial charge is 0.264 e. The van der Waals surface area contributed by atoms with Crippen LogP contribution in [-0.4, -0.2) is 19.5 Å². The van der Waals surface area contributed by atoms with Crippen molar-refractivity contribution in [3.05, 3.63) is 60.4 Å². The summed E-state index contributed by atoms with van der Waals surface area (Å²) in [7, 11) is -3.90. The van der Waals surface area contributed by atoms with Crippen molar-refractivity contribution in [1.82, 2.24) is 9.88 Å². The molecule has 0 aliphatic heterocycles. The Kier molecular flexibility index (Phi) is 5.14. The lowest BCUT2D eigenvalue weighted by Gasteiger charge is -2.10. The number of rotatable bonds is 5. The highest BCUT2D eigenvalue weighted by Crippen LogP contribution is 2.34. The van der Waals surface area contributed by atoms with Gasteiger partial charge in [0.15, 0.2) is 0 Å². The van der Waals surface area contributed by atoms with Gasteiger partial charge in [-0.25, -0.2) is 13.1 Å². The van der Waals surface area contributed by atoms with Gasteiger partial charge >= 0.3 is 0 Å². The van der Waals surface area contributed by atoms with Gasteiger partial charge in [-0.3, -0.25) is 4.79 Å². The Labute approximate surface area is 158 Å². The molecular weight excluding hydrogens is 364 g/mol. The number of aromatic nitrogens is 1. The first-order valence-corrected chi connectivity index (χ1v) is 9.96. The molecule has 1 N–H and O–H groups in total. The van der Waals surface area contributed by atoms with E-state index in [0.717, 1.165) is 16.7 Å². The van der Waals surface area contributed by atoms with Crippen LogP contribution in [0, 0.1) is 12.8 Å². The van der Waals surface area contributed by atoms with Gasteiger partial charge in [-0.2, -0.15) is 0 Å². The van der Waals surface area contributed by atoms with E-state index in [1.807, 2.05) is 37.3 Å². The van der Waals surface area contributed by atoms with E-state index in [-0.39, 0.29) is 4.90 Å². The van der Waals surface area contributed by atoms with E-state index in [4.69, 9.17) is 4.52 Å². The molecule has 1 aromatic heterocycles. The van der Waals surface area contributed by atoms with Crippen molar-refractivity contribution >= 4 is 15.9 Å². The van der Waals surface area contributed by atoms with Crippen molar-refractivity contribution in [2.24, 2.45) is 5.92 Å². The molecule has 0 saturated heterocycles. The van der Waals surface area contributed by atoms with Crippen LogP contribution in [0.15, 0.2) is 64.0 Å². The molecule has 0 aliphatic rings. The second kappa shape index (κ2) is 7.36. The first-order chi connectivity index (χ1) is 12.8. The summed E-state index contributed by atoms with van der Waals surface area (Å²) in [6.07, 6.45) is 0. The van der Waals surface area contributed by atoms with Gasteiger partial charge in [-0.05, 0) is 24.6 Å². The SMILES string of the molecule is Cc1onc(-c2ccccc2)c1-c1ccc(S(=O)(=O)NC(=O)C(C)C)cc1. The number of aryl methyl sites for hydroxylation is 1. The summed E-state index contributed by atoms with van der Waals surface area (Å²) in [5.74, 6) is -0.329. The molecular formula is C20H20N2O4S. The number of hydrogen-bond donors (Lipinski definition) is 1. The van der Waals surface area contributed by atoms with Gasteiger partial charge in [0.05, 0.1) is 10.5 Å². The molecule has 0 fully saturated rings. The highest BCUT2D eigenvalue weighted by Gasteiger charge is 2.21. The number of nitrogens with one attached hydrogen (secondary N) is 1. The van der Waals surface area contributed by atoms with Crippen molar-refractivity contribution in [2.75, 3.05) is 0 Å². The van der Waals surface area contributed by atoms with Crippen molar-refractivity contribution in [2.45, 2.75) is 25.7 Å². The topological polar surface area (TPSA) is 89.3 Å². The van der Waals surface area contributed by atoms with Crippen LogP contribution in [0.5, 0.6) is 0 Å². The zero-order chi connectivity index (χ0) is 19.6. The monoisotopic (exact) mass is 384 g/mol. The van der Waals surface area contributed by atoms with Crippen molar-refractivity contribution in [3.63, 3.8) is 0 Å². The maximum absolute atomic E-state index is 12.3. The summed E-state index contributed by atoms with van der Waals surface area (Å²) >= 11 is 0. The number of sulfonamides is 1. The number of carbonyl (C=O) groups excluding carboxylic acids is 1. The number of hydrogen-bond acceptors (Lipinski definition) is 5. The minimum atomic E-state index is -3.90. The Morgan fingerprint density at radius 3 is 2.22 bits per heavy atom. The molecule has 0 spiro atoms. The number of carbonyl (C=O) groups is 1. The second-order valence-corrected chi connectivity index (χ2v) is 8.16. The summed E-state index contributed by atoms with van der Waals surface area (Å²) in [6.45, 7) is 5.07. The molecule has 7 heteroatoms. The Morgan fingerprint density at radius 1 is 1.00 bits per heavy atom. The molecule has 0 aliphatic carbocycles. The van der Waals surface area contributed by atoms with E-state index in [1.54, 1.807) is 26.0 Å². The molecule has 1 amide bonds. The summed E-state index contributed by atoms with van der Waals surface area (Å²) in [4.78, 5) is 11.7. The lowest BCUT2D eigenvalue weighted by Crippen LogP contribution is -2.33. The van der Waals surface area contributed by atoms with Crippen LogP contribution in [0.4, 0.5) is 0 Å². The summed E-state index contributed by atoms with van der Waals surface area (Å²) in [5, 5.41) is 4.14. The van der Waals surface area contributed by atoms with Crippen molar-refractivity contribution in [3.8, 4) is 22.4 Å². The fourth-order valence-electron chi connectivity index (χ4n) is 2.62. The molecule has 0 saturated carbocycles. The maximum Gasteiger partial charge on any atom is 0.264 e. The van der Waals surface area contributed by atoms with E-state index in [0.29, 0.717) is 11.5 Å². The molecule has 0 bridgehead atoms. The lowest BCUT2D eigenvalue weighted by molar-refractivity contribution is -0.122. The van der Waals surface area contributed by atoms with Gasteiger partial charge in [0.1, 0.15) is 11.5 Å². The standard InChI is InChI=1S/C20H20N2O4S/c1-13(2)20(23)22-27(24,25)17-11-9-15(10-12-17)18-14(3)26-21-19(18)16-7-5-4-6-8-16/h4-13H,1-3H3,(H,22,23). The molecule has 2 aromatic carbocycles. The van der Waals surface area contributed by atoms with E-state index in [2.05, 4.69) is 9.88 Å². The van der Waals surface area contributed by atoms with E-state index < -0.39 is 21.8 Å². The molecule has 6 nitrogen and oxygen atoms in total. The molecule has 1 heterocycles. The largest absolute Gasteiger partial charge is 0.360 e. The van der Waals surface area contributed by atoms with E-state index in [1.165, 1.54) is 12.1 Å². The van der Waals surface area contributed by atoms with Crippen LogP contribution in [-0.2, 0) is 14.8 Å². The Morgan fingerprint density at radius 2 is 1.63 bits per heavy atom. The summed E-state index contributed by atoms with van der Waals surface area (Å²) in [5.41, 5.74) is 3.18. The minimum absolute atomic E-state index is 0.0237. The normalized spacial score (nSPS) is 11.6. The maximum atomic E-state index is 12.3. The highest BCUT2D eigenvalue weighted by molar-refractivity contribution is 7.90. The summed E-state index contributed by atoms with van der Waals surface area (Å²) in [6, 6.07) is 15.9. The Balaban J connectivity index is 1.96. The van der Waals surface area contributed by atoms with E-state index in [9.17, 15) is 13.2 Å². The average molecular weight is 384 g/mol. The highest BCUT2D eigenvalue weighted by atomic mass is 32.2. The van der Waals surface area contributed by atoms with Crippen molar-refractivity contribution < 1.29 is 17.7 Å². The molecule has 140 valence electrons. The van der Waals surface area contributed by atoms with Crippen LogP contribution in [0.3, 0.4) is 0 Å². The van der Waals surface area contributed by atoms with Crippen LogP contribution in [0.1, 0.15) is 19.6 Å². The summed E-state index contributed by atoms with van der Waals surface area (Å²) < 4.78 is 32.1. The minimum Gasteiger partial charge on any atom is -0.360 e. The van der Waals surface area contributed by atoms with Crippen molar-refractivity contribution in [1.29, 1.82) is 0 Å². The predicted molar refractivity (Wildman–Crippen MR) is 102 cm³/mol. The van der Waals surface area contributed by atoms with Gasteiger partial charge < -0.3 is 4.52 Å². The molecule has 0 atom stereocenters. The third-order valence-electron chi connectivity index (χ3n) is 4.12. The predicted octanol–water partition coefficient (Wildman–Crippen LogP) is 3.78.